The van der Waals surface area contributed by atoms with Gasteiger partial charge in [0.25, 0.3) is 0 Å². The van der Waals surface area contributed by atoms with Gasteiger partial charge >= 0.3 is 0 Å². The van der Waals surface area contributed by atoms with Crippen molar-refractivity contribution in [3.63, 3.8) is 0 Å². The number of benzene rings is 1. The van der Waals surface area contributed by atoms with Crippen molar-refractivity contribution < 1.29 is 5.11 Å². The molecule has 102 valence electrons. The van der Waals surface area contributed by atoms with Crippen molar-refractivity contribution in [2.75, 3.05) is 5.75 Å². The largest absolute Gasteiger partial charge is 0.386 e. The number of aliphatic hydroxyl groups is 1. The Morgan fingerprint density at radius 2 is 2.16 bits per heavy atom. The summed E-state index contributed by atoms with van der Waals surface area (Å²) in [6, 6.07) is 9.93. The second-order valence-electron chi connectivity index (χ2n) is 4.24. The van der Waals surface area contributed by atoms with Gasteiger partial charge in [0.1, 0.15) is 6.10 Å². The smallest absolute Gasteiger partial charge is 0.105 e. The Balaban J connectivity index is 1.99. The minimum atomic E-state index is -0.494. The first kappa shape index (κ1) is 14.6. The van der Waals surface area contributed by atoms with Gasteiger partial charge in [-0.15, -0.1) is 11.8 Å². The Hall–Kier alpha value is -0.780. The molecule has 0 aliphatic heterocycles. The zero-order chi connectivity index (χ0) is 13.7. The van der Waals surface area contributed by atoms with E-state index in [2.05, 4.69) is 28.0 Å². The van der Waals surface area contributed by atoms with Gasteiger partial charge < -0.3 is 5.11 Å². The zero-order valence-electron chi connectivity index (χ0n) is 10.8. The first-order valence-electron chi connectivity index (χ1n) is 6.29. The Morgan fingerprint density at radius 1 is 1.37 bits per heavy atom. The molecule has 2 aromatic rings. The first-order chi connectivity index (χ1) is 9.22. The summed E-state index contributed by atoms with van der Waals surface area (Å²) >= 11 is 5.16. The van der Waals surface area contributed by atoms with Crippen LogP contribution in [0.2, 0.25) is 0 Å². The lowest BCUT2D eigenvalue weighted by Crippen LogP contribution is -2.10. The Kier molecular flexibility index (Phi) is 5.48. The maximum atomic E-state index is 10.3. The summed E-state index contributed by atoms with van der Waals surface area (Å²) in [5.41, 5.74) is 0.890. The molecule has 0 amide bonds. The van der Waals surface area contributed by atoms with E-state index in [1.165, 1.54) is 0 Å². The summed E-state index contributed by atoms with van der Waals surface area (Å²) in [4.78, 5) is 1.14. The van der Waals surface area contributed by atoms with Crippen molar-refractivity contribution in [3.8, 4) is 0 Å². The van der Waals surface area contributed by atoms with Crippen molar-refractivity contribution >= 4 is 27.7 Å². The van der Waals surface area contributed by atoms with Gasteiger partial charge in [-0.25, -0.2) is 0 Å². The van der Waals surface area contributed by atoms with Crippen LogP contribution in [-0.2, 0) is 6.54 Å². The van der Waals surface area contributed by atoms with E-state index in [0.717, 1.165) is 28.0 Å². The Bertz CT molecular complexity index is 530. The maximum absolute atomic E-state index is 10.3. The summed E-state index contributed by atoms with van der Waals surface area (Å²) in [5.74, 6) is 0.623. The van der Waals surface area contributed by atoms with Crippen molar-refractivity contribution in [3.05, 3.63) is 46.7 Å². The standard InChI is InChI=1S/C14H17BrN2OS/c1-2-9-17-12(7-8-16-17)13(18)10-19-14-6-4-3-5-11(14)15/h3-8,13,18H,2,9-10H2,1H3. The predicted octanol–water partition coefficient (Wildman–Crippen LogP) is 3.88. The van der Waals surface area contributed by atoms with E-state index in [9.17, 15) is 5.11 Å². The molecule has 0 saturated carbocycles. The topological polar surface area (TPSA) is 38.0 Å². The van der Waals surface area contributed by atoms with E-state index >= 15 is 0 Å². The maximum Gasteiger partial charge on any atom is 0.105 e. The van der Waals surface area contributed by atoms with Gasteiger partial charge in [0, 0.05) is 27.9 Å². The van der Waals surface area contributed by atoms with Crippen LogP contribution in [0.3, 0.4) is 0 Å². The van der Waals surface area contributed by atoms with Crippen molar-refractivity contribution in [2.24, 2.45) is 0 Å². The first-order valence-corrected chi connectivity index (χ1v) is 8.07. The number of aromatic nitrogens is 2. The van der Waals surface area contributed by atoms with Crippen LogP contribution in [0.5, 0.6) is 0 Å². The molecule has 5 heteroatoms. The Morgan fingerprint density at radius 3 is 2.89 bits per heavy atom. The van der Waals surface area contributed by atoms with Gasteiger partial charge in [-0.1, -0.05) is 19.1 Å². The van der Waals surface area contributed by atoms with E-state index in [-0.39, 0.29) is 0 Å². The Labute approximate surface area is 126 Å². The molecule has 0 bridgehead atoms. The average Bonchev–Trinajstić information content (AvgIpc) is 2.86. The molecule has 1 atom stereocenters. The van der Waals surface area contributed by atoms with Crippen LogP contribution in [0, 0.1) is 0 Å². The van der Waals surface area contributed by atoms with Crippen molar-refractivity contribution in [2.45, 2.75) is 30.9 Å². The van der Waals surface area contributed by atoms with Crippen LogP contribution >= 0.6 is 27.7 Å². The third kappa shape index (κ3) is 3.84. The van der Waals surface area contributed by atoms with Crippen LogP contribution in [0.4, 0.5) is 0 Å². The summed E-state index contributed by atoms with van der Waals surface area (Å²) in [7, 11) is 0. The second-order valence-corrected chi connectivity index (χ2v) is 6.15. The van der Waals surface area contributed by atoms with Gasteiger partial charge in [0.15, 0.2) is 0 Å². The molecule has 0 fully saturated rings. The average molecular weight is 341 g/mol. The lowest BCUT2D eigenvalue weighted by Gasteiger charge is -2.13. The minimum absolute atomic E-state index is 0.494. The van der Waals surface area contributed by atoms with Gasteiger partial charge in [-0.05, 0) is 40.5 Å². The molecule has 1 aromatic carbocycles. The summed E-state index contributed by atoms with van der Waals surface area (Å²) in [6.45, 7) is 2.95. The number of hydrogen-bond donors (Lipinski definition) is 1. The van der Waals surface area contributed by atoms with Gasteiger partial charge in [-0.2, -0.15) is 5.10 Å². The molecule has 0 saturated heterocycles. The quantitative estimate of drug-likeness (QED) is 0.811. The van der Waals surface area contributed by atoms with E-state index in [1.54, 1.807) is 18.0 Å². The number of hydrogen-bond acceptors (Lipinski definition) is 3. The van der Waals surface area contributed by atoms with Crippen LogP contribution in [0.1, 0.15) is 25.1 Å². The number of nitrogens with zero attached hydrogens (tertiary/aromatic N) is 2. The monoisotopic (exact) mass is 340 g/mol. The molecule has 1 heterocycles. The van der Waals surface area contributed by atoms with Crippen molar-refractivity contribution in [1.82, 2.24) is 9.78 Å². The summed E-state index contributed by atoms with van der Waals surface area (Å²) in [5, 5.41) is 14.5. The van der Waals surface area contributed by atoms with Crippen LogP contribution < -0.4 is 0 Å². The molecule has 1 N–H and O–H groups in total. The number of thioether (sulfide) groups is 1. The third-order valence-electron chi connectivity index (χ3n) is 2.76. The molecular formula is C14H17BrN2OS. The zero-order valence-corrected chi connectivity index (χ0v) is 13.2. The molecule has 0 aliphatic rings. The lowest BCUT2D eigenvalue weighted by atomic mass is 10.3. The highest BCUT2D eigenvalue weighted by Gasteiger charge is 2.13. The third-order valence-corrected chi connectivity index (χ3v) is 4.86. The fraction of sp³-hybridized carbons (Fsp3) is 0.357. The normalized spacial score (nSPS) is 12.6. The second kappa shape index (κ2) is 7.12. The van der Waals surface area contributed by atoms with E-state index in [0.29, 0.717) is 5.75 Å². The summed E-state index contributed by atoms with van der Waals surface area (Å²) in [6.07, 6.45) is 2.27. The molecular weight excluding hydrogens is 324 g/mol. The van der Waals surface area contributed by atoms with Crippen molar-refractivity contribution in [1.29, 1.82) is 0 Å². The molecule has 1 unspecified atom stereocenters. The highest BCUT2D eigenvalue weighted by molar-refractivity contribution is 9.10. The molecule has 1 aromatic heterocycles. The van der Waals surface area contributed by atoms with Gasteiger partial charge in [0.2, 0.25) is 0 Å². The fourth-order valence-electron chi connectivity index (χ4n) is 1.84. The fourth-order valence-corrected chi connectivity index (χ4v) is 3.36. The van der Waals surface area contributed by atoms with Crippen LogP contribution in [0.15, 0.2) is 45.9 Å². The number of halogens is 1. The van der Waals surface area contributed by atoms with Gasteiger partial charge in [0.05, 0.1) is 5.69 Å². The number of rotatable bonds is 6. The summed E-state index contributed by atoms with van der Waals surface area (Å²) < 4.78 is 2.94. The van der Waals surface area contributed by atoms with Gasteiger partial charge in [-0.3, -0.25) is 4.68 Å². The minimum Gasteiger partial charge on any atom is -0.386 e. The molecule has 3 nitrogen and oxygen atoms in total. The van der Waals surface area contributed by atoms with Crippen LogP contribution in [0.25, 0.3) is 0 Å². The molecule has 19 heavy (non-hydrogen) atoms. The molecule has 0 radical (unpaired) electrons. The lowest BCUT2D eigenvalue weighted by molar-refractivity contribution is 0.191. The van der Waals surface area contributed by atoms with Crippen LogP contribution in [-0.4, -0.2) is 20.6 Å². The molecule has 0 aliphatic carbocycles. The SMILES string of the molecule is CCCn1nccc1C(O)CSc1ccccc1Br. The van der Waals surface area contributed by atoms with E-state index < -0.39 is 6.10 Å². The highest BCUT2D eigenvalue weighted by Crippen LogP contribution is 2.30. The molecule has 0 spiro atoms. The number of aryl methyl sites for hydroxylation is 1. The predicted molar refractivity (Wildman–Crippen MR) is 82.3 cm³/mol. The number of aliphatic hydroxyl groups excluding tert-OH is 1. The highest BCUT2D eigenvalue weighted by atomic mass is 79.9. The van der Waals surface area contributed by atoms with E-state index in [1.807, 2.05) is 35.0 Å². The van der Waals surface area contributed by atoms with E-state index in [4.69, 9.17) is 0 Å². The molecule has 2 rings (SSSR count).